The summed E-state index contributed by atoms with van der Waals surface area (Å²) >= 11 is 1.40. The van der Waals surface area contributed by atoms with Crippen LogP contribution in [0.15, 0.2) is 24.3 Å². The van der Waals surface area contributed by atoms with E-state index in [-0.39, 0.29) is 6.04 Å². The topological polar surface area (TPSA) is 63.8 Å². The molecule has 1 unspecified atom stereocenters. The number of hydrogen-bond donors (Lipinski definition) is 2. The van der Waals surface area contributed by atoms with E-state index < -0.39 is 0 Å². The van der Waals surface area contributed by atoms with Crippen LogP contribution in [0.1, 0.15) is 27.7 Å². The third kappa shape index (κ3) is 2.69. The molecule has 2 rings (SSSR count). The minimum Gasteiger partial charge on any atom is -0.271 e. The van der Waals surface area contributed by atoms with E-state index in [0.717, 1.165) is 17.0 Å². The Labute approximate surface area is 105 Å². The van der Waals surface area contributed by atoms with Crippen LogP contribution in [0.25, 0.3) is 0 Å². The van der Waals surface area contributed by atoms with Crippen LogP contribution in [0.3, 0.4) is 0 Å². The molecular formula is C12H16N4S. The van der Waals surface area contributed by atoms with Crippen molar-refractivity contribution in [3.63, 3.8) is 0 Å². The summed E-state index contributed by atoms with van der Waals surface area (Å²) in [5.74, 6) is 5.63. The minimum atomic E-state index is 0.0797. The maximum atomic E-state index is 5.63. The Kier molecular flexibility index (Phi) is 3.83. The van der Waals surface area contributed by atoms with Crippen molar-refractivity contribution in [3.8, 4) is 0 Å². The van der Waals surface area contributed by atoms with Gasteiger partial charge in [-0.1, -0.05) is 28.8 Å². The first kappa shape index (κ1) is 12.2. The molecule has 0 aliphatic rings. The first-order valence-electron chi connectivity index (χ1n) is 5.52. The molecule has 17 heavy (non-hydrogen) atoms. The maximum Gasteiger partial charge on any atom is 0.0773 e. The van der Waals surface area contributed by atoms with E-state index in [2.05, 4.69) is 34.1 Å². The largest absolute Gasteiger partial charge is 0.271 e. The van der Waals surface area contributed by atoms with E-state index in [9.17, 15) is 0 Å². The highest BCUT2D eigenvalue weighted by atomic mass is 32.1. The normalized spacial score (nSPS) is 12.6. The molecule has 5 heteroatoms. The van der Waals surface area contributed by atoms with Crippen molar-refractivity contribution >= 4 is 11.5 Å². The standard InChI is InChI=1S/C12H16N4S/c1-8-5-3-4-6-10(8)7-11(14-13)12-9(2)15-16-17-12/h3-6,11,14H,7,13H2,1-2H3. The van der Waals surface area contributed by atoms with Gasteiger partial charge in [-0.25, -0.2) is 0 Å². The van der Waals surface area contributed by atoms with Gasteiger partial charge in [0.15, 0.2) is 0 Å². The number of nitrogens with one attached hydrogen (secondary N) is 1. The molecule has 90 valence electrons. The molecule has 0 saturated carbocycles. The molecule has 0 bridgehead atoms. The Bertz CT molecular complexity index is 495. The molecule has 0 saturated heterocycles. The molecule has 1 aromatic carbocycles. The van der Waals surface area contributed by atoms with Crippen molar-refractivity contribution in [3.05, 3.63) is 46.0 Å². The molecule has 0 aliphatic heterocycles. The smallest absolute Gasteiger partial charge is 0.0773 e. The fourth-order valence-electron chi connectivity index (χ4n) is 1.84. The van der Waals surface area contributed by atoms with E-state index >= 15 is 0 Å². The highest BCUT2D eigenvalue weighted by Gasteiger charge is 2.16. The number of hydrazine groups is 1. The van der Waals surface area contributed by atoms with Gasteiger partial charge in [0.05, 0.1) is 16.6 Å². The fourth-order valence-corrected chi connectivity index (χ4v) is 2.55. The summed E-state index contributed by atoms with van der Waals surface area (Å²) in [4.78, 5) is 1.11. The van der Waals surface area contributed by atoms with E-state index in [1.807, 2.05) is 19.1 Å². The molecule has 0 spiro atoms. The second kappa shape index (κ2) is 5.35. The lowest BCUT2D eigenvalue weighted by atomic mass is 10.00. The van der Waals surface area contributed by atoms with E-state index in [4.69, 9.17) is 5.84 Å². The van der Waals surface area contributed by atoms with Gasteiger partial charge in [-0.15, -0.1) is 5.10 Å². The lowest BCUT2D eigenvalue weighted by molar-refractivity contribution is 0.556. The molecule has 0 fully saturated rings. The second-order valence-electron chi connectivity index (χ2n) is 4.07. The van der Waals surface area contributed by atoms with Crippen molar-refractivity contribution in [2.75, 3.05) is 0 Å². The summed E-state index contributed by atoms with van der Waals surface area (Å²) in [6, 6.07) is 8.41. The molecule has 1 aromatic heterocycles. The first-order chi connectivity index (χ1) is 8.22. The van der Waals surface area contributed by atoms with Crippen LogP contribution in [0.4, 0.5) is 0 Å². The first-order valence-corrected chi connectivity index (χ1v) is 6.29. The van der Waals surface area contributed by atoms with E-state index in [0.29, 0.717) is 0 Å². The molecule has 4 nitrogen and oxygen atoms in total. The molecular weight excluding hydrogens is 232 g/mol. The van der Waals surface area contributed by atoms with Crippen LogP contribution in [0.2, 0.25) is 0 Å². The van der Waals surface area contributed by atoms with Gasteiger partial charge in [0.2, 0.25) is 0 Å². The average Bonchev–Trinajstić information content (AvgIpc) is 2.75. The van der Waals surface area contributed by atoms with Gasteiger partial charge < -0.3 is 0 Å². The summed E-state index contributed by atoms with van der Waals surface area (Å²) in [5, 5.41) is 4.02. The average molecular weight is 248 g/mol. The van der Waals surface area contributed by atoms with Gasteiger partial charge >= 0.3 is 0 Å². The summed E-state index contributed by atoms with van der Waals surface area (Å²) in [7, 11) is 0. The maximum absolute atomic E-state index is 5.63. The molecule has 1 heterocycles. The van der Waals surface area contributed by atoms with Crippen LogP contribution < -0.4 is 11.3 Å². The van der Waals surface area contributed by atoms with Gasteiger partial charge in [-0.05, 0) is 42.9 Å². The van der Waals surface area contributed by atoms with Gasteiger partial charge in [0.1, 0.15) is 0 Å². The second-order valence-corrected chi connectivity index (χ2v) is 4.86. The number of nitrogens with zero attached hydrogens (tertiary/aromatic N) is 2. The van der Waals surface area contributed by atoms with Crippen molar-refractivity contribution in [1.82, 2.24) is 15.0 Å². The monoisotopic (exact) mass is 248 g/mol. The zero-order valence-corrected chi connectivity index (χ0v) is 10.8. The van der Waals surface area contributed by atoms with Gasteiger partial charge in [0.25, 0.3) is 0 Å². The lowest BCUT2D eigenvalue weighted by Crippen LogP contribution is -2.29. The summed E-state index contributed by atoms with van der Waals surface area (Å²) < 4.78 is 3.95. The fraction of sp³-hybridized carbons (Fsp3) is 0.333. The number of nitrogens with two attached hydrogens (primary N) is 1. The minimum absolute atomic E-state index is 0.0797. The molecule has 0 amide bonds. The van der Waals surface area contributed by atoms with Gasteiger partial charge in [0, 0.05) is 0 Å². The zero-order chi connectivity index (χ0) is 12.3. The predicted octanol–water partition coefficient (Wildman–Crippen LogP) is 1.90. The van der Waals surface area contributed by atoms with Gasteiger partial charge in [-0.2, -0.15) is 0 Å². The van der Waals surface area contributed by atoms with E-state index in [1.54, 1.807) is 0 Å². The molecule has 0 aliphatic carbocycles. The summed E-state index contributed by atoms with van der Waals surface area (Å²) in [5.41, 5.74) is 6.38. The molecule has 2 aromatic rings. The Morgan fingerprint density at radius 1 is 1.35 bits per heavy atom. The van der Waals surface area contributed by atoms with Gasteiger partial charge in [-0.3, -0.25) is 11.3 Å². The van der Waals surface area contributed by atoms with Crippen LogP contribution in [-0.2, 0) is 6.42 Å². The number of benzene rings is 1. The Hall–Kier alpha value is -1.30. The van der Waals surface area contributed by atoms with Crippen molar-refractivity contribution in [2.24, 2.45) is 5.84 Å². The number of hydrogen-bond acceptors (Lipinski definition) is 5. The lowest BCUT2D eigenvalue weighted by Gasteiger charge is -2.15. The number of rotatable bonds is 4. The van der Waals surface area contributed by atoms with Crippen molar-refractivity contribution in [1.29, 1.82) is 0 Å². The Morgan fingerprint density at radius 3 is 2.71 bits per heavy atom. The highest BCUT2D eigenvalue weighted by Crippen LogP contribution is 2.24. The third-order valence-corrected chi connectivity index (χ3v) is 3.83. The zero-order valence-electron chi connectivity index (χ0n) is 9.97. The third-order valence-electron chi connectivity index (χ3n) is 2.89. The SMILES string of the molecule is Cc1ccccc1CC(NN)c1snnc1C. The molecule has 0 radical (unpaired) electrons. The Balaban J connectivity index is 2.22. The number of aromatic nitrogens is 2. The van der Waals surface area contributed by atoms with Crippen LogP contribution >= 0.6 is 11.5 Å². The predicted molar refractivity (Wildman–Crippen MR) is 69.6 cm³/mol. The van der Waals surface area contributed by atoms with Crippen molar-refractivity contribution < 1.29 is 0 Å². The summed E-state index contributed by atoms with van der Waals surface area (Å²) in [6.07, 6.45) is 0.855. The molecule has 3 N–H and O–H groups in total. The quantitative estimate of drug-likeness (QED) is 0.641. The summed E-state index contributed by atoms with van der Waals surface area (Å²) in [6.45, 7) is 4.07. The van der Waals surface area contributed by atoms with E-state index in [1.165, 1.54) is 22.7 Å². The van der Waals surface area contributed by atoms with Crippen LogP contribution in [-0.4, -0.2) is 9.59 Å². The number of aryl methyl sites for hydroxylation is 2. The highest BCUT2D eigenvalue weighted by molar-refractivity contribution is 7.05. The molecule has 1 atom stereocenters. The van der Waals surface area contributed by atoms with Crippen molar-refractivity contribution in [2.45, 2.75) is 26.3 Å². The Morgan fingerprint density at radius 2 is 2.12 bits per heavy atom. The van der Waals surface area contributed by atoms with Crippen LogP contribution in [0.5, 0.6) is 0 Å². The van der Waals surface area contributed by atoms with Crippen LogP contribution in [0, 0.1) is 13.8 Å².